The minimum absolute atomic E-state index is 0.0131. The smallest absolute Gasteiger partial charge is 0.264 e. The molecule has 3 aromatic rings. The second kappa shape index (κ2) is 11.3. The van der Waals surface area contributed by atoms with Gasteiger partial charge >= 0.3 is 0 Å². The van der Waals surface area contributed by atoms with Gasteiger partial charge in [0, 0.05) is 55.6 Å². The molecule has 0 aliphatic carbocycles. The van der Waals surface area contributed by atoms with E-state index in [0.29, 0.717) is 31.7 Å². The summed E-state index contributed by atoms with van der Waals surface area (Å²) in [4.78, 5) is 41.7. The number of piperazine rings is 1. The molecular weight excluding hydrogens is 564 g/mol. The first kappa shape index (κ1) is 29.6. The van der Waals surface area contributed by atoms with Crippen LogP contribution in [-0.4, -0.2) is 84.4 Å². The number of ether oxygens (including phenoxy) is 1. The molecule has 2 fully saturated rings. The van der Waals surface area contributed by atoms with Crippen molar-refractivity contribution in [1.82, 2.24) is 20.3 Å². The quantitative estimate of drug-likeness (QED) is 0.334. The molecule has 4 heterocycles. The lowest BCUT2D eigenvalue weighted by Crippen LogP contribution is -2.48. The number of hydrogen-bond donors (Lipinski definition) is 3. The van der Waals surface area contributed by atoms with Crippen molar-refractivity contribution in [3.8, 4) is 0 Å². The number of fused-ring (bicyclic) bond motifs is 2. The first-order valence-electron chi connectivity index (χ1n) is 15.0. The highest BCUT2D eigenvalue weighted by Gasteiger charge is 2.65. The summed E-state index contributed by atoms with van der Waals surface area (Å²) in [5, 5.41) is 21.9. The molecule has 2 aromatic carbocycles. The summed E-state index contributed by atoms with van der Waals surface area (Å²) in [7, 11) is -1.06. The van der Waals surface area contributed by atoms with Gasteiger partial charge in [0.25, 0.3) is 5.91 Å². The Kier molecular flexibility index (Phi) is 7.76. The van der Waals surface area contributed by atoms with Gasteiger partial charge in [-0.05, 0) is 43.3 Å². The SMILES string of the molecule is C[C@H]1[C@H]([Si](C)(C)O)[C@@H](CCn2cc(C(CO)c3ccccc3)nn2)O[C@]12C(=O)N(C)c1ccc(N3CCNCC3=O)cc12. The molecule has 12 heteroatoms. The monoisotopic (exact) mass is 604 g/mol. The Hall–Kier alpha value is -3.42. The van der Waals surface area contributed by atoms with E-state index in [0.717, 1.165) is 22.5 Å². The van der Waals surface area contributed by atoms with Crippen LogP contribution in [0.5, 0.6) is 0 Å². The van der Waals surface area contributed by atoms with Crippen molar-refractivity contribution < 1.29 is 24.2 Å². The molecule has 5 atom stereocenters. The van der Waals surface area contributed by atoms with Crippen molar-refractivity contribution in [2.75, 3.05) is 43.1 Å². The Morgan fingerprint density at radius 2 is 1.95 bits per heavy atom. The van der Waals surface area contributed by atoms with Gasteiger partial charge in [-0.1, -0.05) is 42.5 Å². The number of aryl methyl sites for hydroxylation is 1. The second-order valence-corrected chi connectivity index (χ2v) is 16.5. The van der Waals surface area contributed by atoms with Crippen LogP contribution in [-0.2, 0) is 26.5 Å². The second-order valence-electron chi connectivity index (χ2n) is 12.5. The van der Waals surface area contributed by atoms with Gasteiger partial charge in [-0.15, -0.1) is 5.10 Å². The summed E-state index contributed by atoms with van der Waals surface area (Å²) < 4.78 is 8.62. The molecule has 3 aliphatic heterocycles. The lowest BCUT2D eigenvalue weighted by atomic mass is 9.82. The fraction of sp³-hybridized carbons (Fsp3) is 0.484. The predicted octanol–water partition coefficient (Wildman–Crippen LogP) is 2.20. The van der Waals surface area contributed by atoms with E-state index in [9.17, 15) is 19.5 Å². The van der Waals surface area contributed by atoms with Crippen molar-refractivity contribution in [3.63, 3.8) is 0 Å². The summed E-state index contributed by atoms with van der Waals surface area (Å²) in [6, 6.07) is 15.4. The van der Waals surface area contributed by atoms with E-state index in [4.69, 9.17) is 4.74 Å². The van der Waals surface area contributed by atoms with Crippen LogP contribution in [0, 0.1) is 5.92 Å². The zero-order chi connectivity index (χ0) is 30.5. The molecule has 1 unspecified atom stereocenters. The number of rotatable bonds is 8. The van der Waals surface area contributed by atoms with Crippen molar-refractivity contribution >= 4 is 31.5 Å². The average Bonchev–Trinajstić information content (AvgIpc) is 3.64. The maximum absolute atomic E-state index is 14.1. The minimum atomic E-state index is -2.82. The third-order valence-corrected chi connectivity index (χ3v) is 11.9. The summed E-state index contributed by atoms with van der Waals surface area (Å²) in [6.45, 7) is 7.73. The maximum Gasteiger partial charge on any atom is 0.264 e. The van der Waals surface area contributed by atoms with E-state index in [1.165, 1.54) is 0 Å². The molecule has 3 aliphatic rings. The number of anilines is 2. The van der Waals surface area contributed by atoms with E-state index >= 15 is 0 Å². The van der Waals surface area contributed by atoms with Gasteiger partial charge in [-0.2, -0.15) is 0 Å². The summed E-state index contributed by atoms with van der Waals surface area (Å²) in [5.41, 5.74) is 2.41. The average molecular weight is 605 g/mol. The summed E-state index contributed by atoms with van der Waals surface area (Å²) >= 11 is 0. The topological polar surface area (TPSA) is 133 Å². The Bertz CT molecular complexity index is 1510. The molecule has 11 nitrogen and oxygen atoms in total. The van der Waals surface area contributed by atoms with Crippen LogP contribution in [0.1, 0.15) is 36.1 Å². The van der Waals surface area contributed by atoms with Crippen molar-refractivity contribution in [2.45, 2.75) is 56.1 Å². The van der Waals surface area contributed by atoms with Gasteiger partial charge < -0.3 is 29.8 Å². The molecule has 6 rings (SSSR count). The molecule has 1 spiro atoms. The molecule has 2 saturated heterocycles. The van der Waals surface area contributed by atoms with Gasteiger partial charge in [0.2, 0.25) is 5.91 Å². The third-order valence-electron chi connectivity index (χ3n) is 9.44. The van der Waals surface area contributed by atoms with E-state index < -0.39 is 20.0 Å². The van der Waals surface area contributed by atoms with Crippen LogP contribution in [0.4, 0.5) is 11.4 Å². The van der Waals surface area contributed by atoms with E-state index in [1.54, 1.807) is 21.5 Å². The van der Waals surface area contributed by atoms with Crippen molar-refractivity contribution in [2.24, 2.45) is 5.92 Å². The van der Waals surface area contributed by atoms with Crippen LogP contribution in [0.3, 0.4) is 0 Å². The Labute approximate surface area is 252 Å². The lowest BCUT2D eigenvalue weighted by Gasteiger charge is -2.33. The molecule has 43 heavy (non-hydrogen) atoms. The Morgan fingerprint density at radius 3 is 2.65 bits per heavy atom. The van der Waals surface area contributed by atoms with Gasteiger partial charge in [-0.25, -0.2) is 0 Å². The normalized spacial score (nSPS) is 26.4. The van der Waals surface area contributed by atoms with Crippen molar-refractivity contribution in [3.05, 3.63) is 71.5 Å². The first-order valence-corrected chi connectivity index (χ1v) is 18.0. The largest absolute Gasteiger partial charge is 0.432 e. The maximum atomic E-state index is 14.1. The number of benzene rings is 2. The number of aliphatic hydroxyl groups excluding tert-OH is 1. The van der Waals surface area contributed by atoms with E-state index in [-0.39, 0.29) is 42.3 Å². The van der Waals surface area contributed by atoms with Crippen LogP contribution in [0.15, 0.2) is 54.7 Å². The van der Waals surface area contributed by atoms with Crippen LogP contribution in [0.2, 0.25) is 18.6 Å². The minimum Gasteiger partial charge on any atom is -0.432 e. The summed E-state index contributed by atoms with van der Waals surface area (Å²) in [5.74, 6) is -0.739. The lowest BCUT2D eigenvalue weighted by molar-refractivity contribution is -0.145. The third kappa shape index (κ3) is 5.00. The molecular formula is C31H40N6O5Si. The zero-order valence-corrected chi connectivity index (χ0v) is 26.1. The van der Waals surface area contributed by atoms with Crippen LogP contribution >= 0.6 is 0 Å². The number of amides is 2. The highest BCUT2D eigenvalue weighted by molar-refractivity contribution is 6.71. The number of likely N-dealkylation sites (N-methyl/N-ethyl adjacent to an activating group) is 1. The van der Waals surface area contributed by atoms with Crippen LogP contribution < -0.4 is 15.1 Å². The molecule has 3 N–H and O–H groups in total. The number of hydrogen-bond acceptors (Lipinski definition) is 8. The number of nitrogens with one attached hydrogen (secondary N) is 1. The molecule has 0 radical (unpaired) electrons. The number of carbonyl (C=O) groups excluding carboxylic acids is 2. The van der Waals surface area contributed by atoms with Crippen molar-refractivity contribution in [1.29, 1.82) is 0 Å². The fourth-order valence-electron chi connectivity index (χ4n) is 7.39. The molecule has 228 valence electrons. The highest BCUT2D eigenvalue weighted by atomic mass is 28.4. The number of aromatic nitrogens is 3. The standard InChI is InChI=1S/C31H40N6O5Si/c1-20-29(43(3,4)41)27(12-14-36-18-25(33-34-36)23(19-38)21-8-6-5-7-9-21)42-31(20)24-16-22(37-15-13-32-17-28(37)39)10-11-26(24)35(2)30(31)40/h5-11,16,18,20,23,27,29,32,38,41H,12-15,17,19H2,1-4H3/t20-,23?,27+,29-,31+/m0/s1. The van der Waals surface area contributed by atoms with Crippen LogP contribution in [0.25, 0.3) is 0 Å². The fourth-order valence-corrected chi connectivity index (χ4v) is 9.99. The van der Waals surface area contributed by atoms with E-state index in [2.05, 4.69) is 15.6 Å². The predicted molar refractivity (Wildman–Crippen MR) is 164 cm³/mol. The van der Waals surface area contributed by atoms with Gasteiger partial charge in [0.05, 0.1) is 36.6 Å². The number of carbonyl (C=O) groups is 2. The van der Waals surface area contributed by atoms with Gasteiger partial charge in [-0.3, -0.25) is 14.3 Å². The van der Waals surface area contributed by atoms with Gasteiger partial charge in [0.1, 0.15) is 0 Å². The number of nitrogens with zero attached hydrogens (tertiary/aromatic N) is 5. The van der Waals surface area contributed by atoms with Gasteiger partial charge in [0.15, 0.2) is 13.9 Å². The Balaban J connectivity index is 1.29. The molecule has 0 saturated carbocycles. The number of aliphatic hydroxyl groups is 1. The summed E-state index contributed by atoms with van der Waals surface area (Å²) in [6.07, 6.45) is 1.97. The molecule has 2 amide bonds. The zero-order valence-electron chi connectivity index (χ0n) is 25.1. The van der Waals surface area contributed by atoms with E-state index in [1.807, 2.05) is 74.7 Å². The molecule has 0 bridgehead atoms. The molecule has 1 aromatic heterocycles. The first-order chi connectivity index (χ1) is 20.6. The Morgan fingerprint density at radius 1 is 1.19 bits per heavy atom. The highest BCUT2D eigenvalue weighted by Crippen LogP contribution is 2.59.